The average molecular weight is 272 g/mol. The van der Waals surface area contributed by atoms with Crippen LogP contribution in [0.4, 0.5) is 10.1 Å². The fraction of sp³-hybridized carbons (Fsp3) is 0.294. The first-order chi connectivity index (χ1) is 9.69. The van der Waals surface area contributed by atoms with Crippen LogP contribution in [0.5, 0.6) is 0 Å². The maximum absolute atomic E-state index is 13.6. The van der Waals surface area contributed by atoms with E-state index in [1.54, 1.807) is 12.1 Å². The Morgan fingerprint density at radius 1 is 1.05 bits per heavy atom. The fourth-order valence-electron chi connectivity index (χ4n) is 2.23. The van der Waals surface area contributed by atoms with Crippen molar-refractivity contribution >= 4 is 5.69 Å². The van der Waals surface area contributed by atoms with Crippen molar-refractivity contribution in [2.45, 2.75) is 13.0 Å². The van der Waals surface area contributed by atoms with E-state index in [0.29, 0.717) is 6.54 Å². The van der Waals surface area contributed by atoms with Crippen molar-refractivity contribution in [1.29, 1.82) is 0 Å². The normalized spacial score (nSPS) is 10.6. The molecule has 2 nitrogen and oxygen atoms in total. The number of halogens is 1. The molecule has 0 aliphatic carbocycles. The molecule has 0 fully saturated rings. The summed E-state index contributed by atoms with van der Waals surface area (Å²) in [6, 6.07) is 15.5. The Labute approximate surface area is 120 Å². The minimum atomic E-state index is -0.181. The lowest BCUT2D eigenvalue weighted by atomic mass is 10.1. The highest BCUT2D eigenvalue weighted by Gasteiger charge is 2.05. The van der Waals surface area contributed by atoms with Crippen molar-refractivity contribution in [3.05, 3.63) is 65.5 Å². The molecule has 0 spiro atoms. The smallest absolute Gasteiger partial charge is 0.125 e. The summed E-state index contributed by atoms with van der Waals surface area (Å²) in [6.07, 6.45) is 0.954. The molecule has 0 aliphatic rings. The summed E-state index contributed by atoms with van der Waals surface area (Å²) < 4.78 is 13.6. The number of rotatable bonds is 6. The number of hydrogen-bond acceptors (Lipinski definition) is 2. The second-order valence-electron chi connectivity index (χ2n) is 5.01. The van der Waals surface area contributed by atoms with Crippen LogP contribution >= 0.6 is 0 Å². The lowest BCUT2D eigenvalue weighted by Gasteiger charge is -2.20. The molecule has 0 heterocycles. The maximum atomic E-state index is 13.6. The van der Waals surface area contributed by atoms with Crippen molar-refractivity contribution in [2.24, 2.45) is 0 Å². The highest BCUT2D eigenvalue weighted by atomic mass is 19.1. The second-order valence-corrected chi connectivity index (χ2v) is 5.01. The summed E-state index contributed by atoms with van der Waals surface area (Å²) >= 11 is 0. The van der Waals surface area contributed by atoms with E-state index in [2.05, 4.69) is 22.3 Å². The highest BCUT2D eigenvalue weighted by molar-refractivity contribution is 5.48. The maximum Gasteiger partial charge on any atom is 0.125 e. The van der Waals surface area contributed by atoms with Gasteiger partial charge in [-0.15, -0.1) is 0 Å². The van der Waals surface area contributed by atoms with Gasteiger partial charge in [-0.3, -0.25) is 0 Å². The number of likely N-dealkylation sites (N-methyl/N-ethyl adjacent to an activating group) is 1. The molecule has 106 valence electrons. The molecule has 0 atom stereocenters. The molecular weight excluding hydrogens is 251 g/mol. The zero-order valence-corrected chi connectivity index (χ0v) is 12.1. The van der Waals surface area contributed by atoms with Crippen LogP contribution in [0.1, 0.15) is 11.1 Å². The van der Waals surface area contributed by atoms with Crippen LogP contribution in [0.25, 0.3) is 0 Å². The Bertz CT molecular complexity index is 540. The molecule has 0 aliphatic heterocycles. The van der Waals surface area contributed by atoms with Crippen LogP contribution in [0.3, 0.4) is 0 Å². The molecular formula is C17H21FN2. The Hall–Kier alpha value is -1.87. The minimum Gasteiger partial charge on any atom is -0.374 e. The molecule has 0 saturated heterocycles. The summed E-state index contributed by atoms with van der Waals surface area (Å²) in [5.74, 6) is -0.181. The predicted octanol–water partition coefficient (Wildman–Crippen LogP) is 3.22. The average Bonchev–Trinajstić information content (AvgIpc) is 2.45. The SMILES string of the molecule is CNCc1cc(F)cc(N(C)CCc2ccccc2)c1. The van der Waals surface area contributed by atoms with E-state index in [0.717, 1.165) is 24.2 Å². The fourth-order valence-corrected chi connectivity index (χ4v) is 2.23. The van der Waals surface area contributed by atoms with Crippen LogP contribution in [0.15, 0.2) is 48.5 Å². The monoisotopic (exact) mass is 272 g/mol. The van der Waals surface area contributed by atoms with Crippen LogP contribution in [0, 0.1) is 5.82 Å². The Morgan fingerprint density at radius 3 is 2.50 bits per heavy atom. The summed E-state index contributed by atoms with van der Waals surface area (Å²) in [5.41, 5.74) is 3.19. The number of hydrogen-bond donors (Lipinski definition) is 1. The molecule has 3 heteroatoms. The molecule has 2 rings (SSSR count). The molecule has 1 N–H and O–H groups in total. The molecule has 0 aromatic heterocycles. The number of benzene rings is 2. The molecule has 0 unspecified atom stereocenters. The van der Waals surface area contributed by atoms with E-state index < -0.39 is 0 Å². The quantitative estimate of drug-likeness (QED) is 0.868. The molecule has 2 aromatic carbocycles. The van der Waals surface area contributed by atoms with E-state index in [1.165, 1.54) is 5.56 Å². The zero-order valence-electron chi connectivity index (χ0n) is 12.1. The number of anilines is 1. The summed E-state index contributed by atoms with van der Waals surface area (Å²) in [5, 5.41) is 3.05. The third kappa shape index (κ3) is 4.07. The van der Waals surface area contributed by atoms with Gasteiger partial charge < -0.3 is 10.2 Å². The minimum absolute atomic E-state index is 0.181. The van der Waals surface area contributed by atoms with Gasteiger partial charge in [-0.05, 0) is 42.8 Å². The van der Waals surface area contributed by atoms with Gasteiger partial charge in [0.1, 0.15) is 5.82 Å². The van der Waals surface area contributed by atoms with E-state index in [9.17, 15) is 4.39 Å². The van der Waals surface area contributed by atoms with Gasteiger partial charge in [-0.25, -0.2) is 4.39 Å². The third-order valence-electron chi connectivity index (χ3n) is 3.34. The van der Waals surface area contributed by atoms with Gasteiger partial charge in [0.05, 0.1) is 0 Å². The zero-order chi connectivity index (χ0) is 14.4. The van der Waals surface area contributed by atoms with Gasteiger partial charge >= 0.3 is 0 Å². The number of nitrogens with one attached hydrogen (secondary N) is 1. The van der Waals surface area contributed by atoms with Crippen molar-refractivity contribution in [2.75, 3.05) is 25.5 Å². The molecule has 0 radical (unpaired) electrons. The Balaban J connectivity index is 2.03. The topological polar surface area (TPSA) is 15.3 Å². The van der Waals surface area contributed by atoms with Crippen molar-refractivity contribution in [3.8, 4) is 0 Å². The Kier molecular flexibility index (Phi) is 5.13. The highest BCUT2D eigenvalue weighted by Crippen LogP contribution is 2.18. The lowest BCUT2D eigenvalue weighted by molar-refractivity contribution is 0.623. The third-order valence-corrected chi connectivity index (χ3v) is 3.34. The summed E-state index contributed by atoms with van der Waals surface area (Å²) in [4.78, 5) is 2.09. The van der Waals surface area contributed by atoms with Crippen LogP contribution in [-0.2, 0) is 13.0 Å². The van der Waals surface area contributed by atoms with Gasteiger partial charge in [0, 0.05) is 25.8 Å². The first kappa shape index (κ1) is 14.5. The molecule has 0 bridgehead atoms. The van der Waals surface area contributed by atoms with E-state index in [1.807, 2.05) is 38.4 Å². The van der Waals surface area contributed by atoms with Crippen molar-refractivity contribution in [1.82, 2.24) is 5.32 Å². The molecule has 20 heavy (non-hydrogen) atoms. The predicted molar refractivity (Wildman–Crippen MR) is 82.6 cm³/mol. The van der Waals surface area contributed by atoms with Gasteiger partial charge in [-0.1, -0.05) is 30.3 Å². The van der Waals surface area contributed by atoms with Crippen LogP contribution in [-0.4, -0.2) is 20.6 Å². The largest absolute Gasteiger partial charge is 0.374 e. The molecule has 0 amide bonds. The first-order valence-corrected chi connectivity index (χ1v) is 6.88. The van der Waals surface area contributed by atoms with Crippen molar-refractivity contribution in [3.63, 3.8) is 0 Å². The van der Waals surface area contributed by atoms with E-state index >= 15 is 0 Å². The first-order valence-electron chi connectivity index (χ1n) is 6.88. The lowest BCUT2D eigenvalue weighted by Crippen LogP contribution is -2.21. The standard InChI is InChI=1S/C17H21FN2/c1-19-13-15-10-16(18)12-17(11-15)20(2)9-8-14-6-4-3-5-7-14/h3-7,10-12,19H,8-9,13H2,1-2H3. The Morgan fingerprint density at radius 2 is 1.80 bits per heavy atom. The van der Waals surface area contributed by atoms with Crippen LogP contribution in [0.2, 0.25) is 0 Å². The van der Waals surface area contributed by atoms with Gasteiger partial charge in [0.25, 0.3) is 0 Å². The van der Waals surface area contributed by atoms with Gasteiger partial charge in [0.15, 0.2) is 0 Å². The van der Waals surface area contributed by atoms with Crippen molar-refractivity contribution < 1.29 is 4.39 Å². The summed E-state index contributed by atoms with van der Waals surface area (Å²) in [6.45, 7) is 1.55. The van der Waals surface area contributed by atoms with Crippen LogP contribution < -0.4 is 10.2 Å². The number of nitrogens with zero attached hydrogens (tertiary/aromatic N) is 1. The van der Waals surface area contributed by atoms with E-state index in [4.69, 9.17) is 0 Å². The molecule has 2 aromatic rings. The van der Waals surface area contributed by atoms with Gasteiger partial charge in [-0.2, -0.15) is 0 Å². The van der Waals surface area contributed by atoms with Gasteiger partial charge in [0.2, 0.25) is 0 Å². The molecule has 0 saturated carbocycles. The van der Waals surface area contributed by atoms with E-state index in [-0.39, 0.29) is 5.82 Å². The summed E-state index contributed by atoms with van der Waals surface area (Å²) in [7, 11) is 3.87. The second kappa shape index (κ2) is 7.06.